The molecule has 2 aromatic rings. The van der Waals surface area contributed by atoms with Gasteiger partial charge in [-0.3, -0.25) is 9.48 Å². The number of aryl methyl sites for hydroxylation is 1. The molecule has 0 saturated carbocycles. The molecule has 0 saturated heterocycles. The van der Waals surface area contributed by atoms with Gasteiger partial charge in [0, 0.05) is 37.6 Å². The lowest BCUT2D eigenvalue weighted by Crippen LogP contribution is -2.37. The topological polar surface area (TPSA) is 91.3 Å². The molecule has 2 rings (SSSR count). The molecular formula is C20H30N6O2. The van der Waals surface area contributed by atoms with Crippen molar-refractivity contribution in [3.8, 4) is 0 Å². The smallest absolute Gasteiger partial charge is 0.321 e. The Morgan fingerprint density at radius 1 is 1.14 bits per heavy atom. The SMILES string of the molecule is CCN(CC)C(=O)Nc1ccc(C(C)NC(=O)C(NC)c2cnn(C)c2)cc1. The molecule has 0 radical (unpaired) electrons. The number of likely N-dealkylation sites (N-methyl/N-ethyl adjacent to an activating group) is 1. The Morgan fingerprint density at radius 3 is 2.29 bits per heavy atom. The number of hydrogen-bond acceptors (Lipinski definition) is 4. The van der Waals surface area contributed by atoms with Crippen LogP contribution in [0.25, 0.3) is 0 Å². The molecule has 2 unspecified atom stereocenters. The maximum atomic E-state index is 12.6. The van der Waals surface area contributed by atoms with Crippen LogP contribution in [-0.2, 0) is 11.8 Å². The van der Waals surface area contributed by atoms with E-state index in [0.29, 0.717) is 13.1 Å². The van der Waals surface area contributed by atoms with Gasteiger partial charge in [-0.2, -0.15) is 5.10 Å². The van der Waals surface area contributed by atoms with Crippen molar-refractivity contribution < 1.29 is 9.59 Å². The lowest BCUT2D eigenvalue weighted by Gasteiger charge is -2.21. The summed E-state index contributed by atoms with van der Waals surface area (Å²) < 4.78 is 1.67. The Bertz CT molecular complexity index is 782. The van der Waals surface area contributed by atoms with Crippen LogP contribution in [0.4, 0.5) is 10.5 Å². The minimum Gasteiger partial charge on any atom is -0.348 e. The van der Waals surface area contributed by atoms with E-state index in [1.165, 1.54) is 0 Å². The first kappa shape index (κ1) is 21.4. The quantitative estimate of drug-likeness (QED) is 0.650. The maximum Gasteiger partial charge on any atom is 0.321 e. The molecular weight excluding hydrogens is 356 g/mol. The van der Waals surface area contributed by atoms with E-state index in [1.54, 1.807) is 22.8 Å². The van der Waals surface area contributed by atoms with Crippen molar-refractivity contribution in [2.75, 3.05) is 25.5 Å². The number of rotatable bonds is 8. The molecule has 0 aliphatic rings. The van der Waals surface area contributed by atoms with E-state index < -0.39 is 6.04 Å². The van der Waals surface area contributed by atoms with E-state index in [4.69, 9.17) is 0 Å². The highest BCUT2D eigenvalue weighted by Crippen LogP contribution is 2.18. The van der Waals surface area contributed by atoms with E-state index >= 15 is 0 Å². The molecule has 28 heavy (non-hydrogen) atoms. The Hall–Kier alpha value is -2.87. The highest BCUT2D eigenvalue weighted by molar-refractivity contribution is 5.89. The molecule has 0 aliphatic heterocycles. The first-order valence-corrected chi connectivity index (χ1v) is 9.51. The van der Waals surface area contributed by atoms with Crippen molar-refractivity contribution in [3.05, 3.63) is 47.8 Å². The van der Waals surface area contributed by atoms with Gasteiger partial charge in [0.1, 0.15) is 6.04 Å². The third kappa shape index (κ3) is 5.32. The van der Waals surface area contributed by atoms with Crippen molar-refractivity contribution in [1.82, 2.24) is 25.3 Å². The number of nitrogens with zero attached hydrogens (tertiary/aromatic N) is 3. The van der Waals surface area contributed by atoms with E-state index in [2.05, 4.69) is 21.0 Å². The number of hydrogen-bond donors (Lipinski definition) is 3. The van der Waals surface area contributed by atoms with Crippen LogP contribution in [0, 0.1) is 0 Å². The average Bonchev–Trinajstić information content (AvgIpc) is 3.09. The Balaban J connectivity index is 1.99. The summed E-state index contributed by atoms with van der Waals surface area (Å²) in [6.07, 6.45) is 3.50. The highest BCUT2D eigenvalue weighted by Gasteiger charge is 2.22. The largest absolute Gasteiger partial charge is 0.348 e. The molecule has 8 heteroatoms. The molecule has 1 heterocycles. The molecule has 152 valence electrons. The second-order valence-corrected chi connectivity index (χ2v) is 6.62. The van der Waals surface area contributed by atoms with Crippen molar-refractivity contribution >= 4 is 17.6 Å². The van der Waals surface area contributed by atoms with Crippen LogP contribution in [0.1, 0.15) is 44.0 Å². The summed E-state index contributed by atoms with van der Waals surface area (Å²) in [6.45, 7) is 7.14. The minimum absolute atomic E-state index is 0.118. The molecule has 0 bridgehead atoms. The van der Waals surface area contributed by atoms with Gasteiger partial charge >= 0.3 is 6.03 Å². The standard InChI is InChI=1S/C20H30N6O2/c1-6-26(7-2)20(28)24-17-10-8-15(9-11-17)14(3)23-19(27)18(21-4)16-12-22-25(5)13-16/h8-14,18,21H,6-7H2,1-5H3,(H,23,27)(H,24,28). The van der Waals surface area contributed by atoms with Crippen LogP contribution >= 0.6 is 0 Å². The fourth-order valence-electron chi connectivity index (χ4n) is 2.99. The van der Waals surface area contributed by atoms with Gasteiger partial charge in [-0.15, -0.1) is 0 Å². The number of aromatic nitrogens is 2. The van der Waals surface area contributed by atoms with Crippen molar-refractivity contribution in [2.24, 2.45) is 7.05 Å². The minimum atomic E-state index is -0.469. The number of carbonyl (C=O) groups excluding carboxylic acids is 2. The number of amides is 3. The van der Waals surface area contributed by atoms with Gasteiger partial charge in [0.2, 0.25) is 5.91 Å². The summed E-state index contributed by atoms with van der Waals surface area (Å²) in [6, 6.07) is 6.73. The highest BCUT2D eigenvalue weighted by atomic mass is 16.2. The molecule has 2 atom stereocenters. The third-order valence-electron chi connectivity index (χ3n) is 4.68. The summed E-state index contributed by atoms with van der Waals surface area (Å²) in [5.74, 6) is -0.123. The zero-order chi connectivity index (χ0) is 20.7. The fourth-order valence-corrected chi connectivity index (χ4v) is 2.99. The predicted octanol–water partition coefficient (Wildman–Crippen LogP) is 2.43. The second-order valence-electron chi connectivity index (χ2n) is 6.62. The summed E-state index contributed by atoms with van der Waals surface area (Å²) in [4.78, 5) is 26.5. The summed E-state index contributed by atoms with van der Waals surface area (Å²) in [5, 5.41) is 13.0. The maximum absolute atomic E-state index is 12.6. The van der Waals surface area contributed by atoms with Crippen LogP contribution < -0.4 is 16.0 Å². The first-order valence-electron chi connectivity index (χ1n) is 9.51. The lowest BCUT2D eigenvalue weighted by atomic mass is 10.1. The Morgan fingerprint density at radius 2 is 1.79 bits per heavy atom. The molecule has 0 spiro atoms. The Kier molecular flexibility index (Phi) is 7.57. The van der Waals surface area contributed by atoms with Crippen LogP contribution in [0.15, 0.2) is 36.7 Å². The van der Waals surface area contributed by atoms with Gasteiger partial charge in [0.25, 0.3) is 0 Å². The van der Waals surface area contributed by atoms with Crippen LogP contribution in [-0.4, -0.2) is 46.8 Å². The fraction of sp³-hybridized carbons (Fsp3) is 0.450. The van der Waals surface area contributed by atoms with E-state index in [1.807, 2.05) is 58.3 Å². The van der Waals surface area contributed by atoms with Crippen LogP contribution in [0.2, 0.25) is 0 Å². The van der Waals surface area contributed by atoms with Crippen molar-refractivity contribution in [3.63, 3.8) is 0 Å². The zero-order valence-corrected chi connectivity index (χ0v) is 17.2. The molecule has 0 fully saturated rings. The number of benzene rings is 1. The molecule has 8 nitrogen and oxygen atoms in total. The molecule has 0 aliphatic carbocycles. The van der Waals surface area contributed by atoms with Gasteiger partial charge in [-0.1, -0.05) is 12.1 Å². The summed E-state index contributed by atoms with van der Waals surface area (Å²) in [5.41, 5.74) is 2.49. The number of nitrogens with one attached hydrogen (secondary N) is 3. The predicted molar refractivity (Wildman–Crippen MR) is 110 cm³/mol. The van der Waals surface area contributed by atoms with E-state index in [0.717, 1.165) is 16.8 Å². The normalized spacial score (nSPS) is 12.9. The zero-order valence-electron chi connectivity index (χ0n) is 17.2. The van der Waals surface area contributed by atoms with Gasteiger partial charge in [-0.25, -0.2) is 4.79 Å². The van der Waals surface area contributed by atoms with E-state index in [-0.39, 0.29) is 18.0 Å². The van der Waals surface area contributed by atoms with Crippen molar-refractivity contribution in [2.45, 2.75) is 32.9 Å². The first-order chi connectivity index (χ1) is 13.4. The van der Waals surface area contributed by atoms with Gasteiger partial charge in [0.05, 0.1) is 12.2 Å². The summed E-state index contributed by atoms with van der Waals surface area (Å²) in [7, 11) is 3.56. The molecule has 1 aromatic heterocycles. The van der Waals surface area contributed by atoms with Gasteiger partial charge in [0.15, 0.2) is 0 Å². The van der Waals surface area contributed by atoms with Gasteiger partial charge < -0.3 is 20.9 Å². The van der Waals surface area contributed by atoms with E-state index in [9.17, 15) is 9.59 Å². The lowest BCUT2D eigenvalue weighted by molar-refractivity contribution is -0.123. The number of anilines is 1. The van der Waals surface area contributed by atoms with Gasteiger partial charge in [-0.05, 0) is 45.5 Å². The van der Waals surface area contributed by atoms with Crippen molar-refractivity contribution in [1.29, 1.82) is 0 Å². The average molecular weight is 387 g/mol. The van der Waals surface area contributed by atoms with Crippen LogP contribution in [0.3, 0.4) is 0 Å². The molecule has 1 aromatic carbocycles. The second kappa shape index (κ2) is 9.89. The Labute approximate surface area is 166 Å². The number of carbonyl (C=O) groups is 2. The number of urea groups is 1. The summed E-state index contributed by atoms with van der Waals surface area (Å²) >= 11 is 0. The monoisotopic (exact) mass is 386 g/mol. The molecule has 3 N–H and O–H groups in total. The molecule has 3 amide bonds. The third-order valence-corrected chi connectivity index (χ3v) is 4.68. The van der Waals surface area contributed by atoms with Crippen LogP contribution in [0.5, 0.6) is 0 Å².